The van der Waals surface area contributed by atoms with Crippen LogP contribution in [-0.4, -0.2) is 34.3 Å². The average Bonchev–Trinajstić information content (AvgIpc) is 2.64. The van der Waals surface area contributed by atoms with Crippen molar-refractivity contribution < 1.29 is 19.9 Å². The Kier molecular flexibility index (Phi) is 19.6. The molecule has 0 bridgehead atoms. The largest absolute Gasteiger partial charge is 0.461 e. The molecule has 0 radical (unpaired) electrons. The summed E-state index contributed by atoms with van der Waals surface area (Å²) >= 11 is 0. The summed E-state index contributed by atoms with van der Waals surface area (Å²) in [4.78, 5) is 11.7. The van der Waals surface area contributed by atoms with Crippen molar-refractivity contribution >= 4 is 5.97 Å². The van der Waals surface area contributed by atoms with Gasteiger partial charge >= 0.3 is 5.97 Å². The molecular formula is C22H45NO4. The van der Waals surface area contributed by atoms with Gasteiger partial charge in [-0.2, -0.15) is 0 Å². The van der Waals surface area contributed by atoms with Crippen LogP contribution in [0, 0.1) is 0 Å². The Morgan fingerprint density at radius 3 is 1.52 bits per heavy atom. The summed E-state index contributed by atoms with van der Waals surface area (Å²) in [5.74, 6) is -0.238. The third kappa shape index (κ3) is 19.9. The molecule has 0 aromatic heterocycles. The van der Waals surface area contributed by atoms with E-state index in [1.807, 2.05) is 6.92 Å². The molecule has 0 aliphatic heterocycles. The Balaban J connectivity index is 3.29. The van der Waals surface area contributed by atoms with Crippen LogP contribution < -0.4 is 0 Å². The van der Waals surface area contributed by atoms with Crippen LogP contribution in [0.1, 0.15) is 123 Å². The smallest absolute Gasteiger partial charge is 0.306 e. The normalized spacial score (nSPS) is 12.5. The fourth-order valence-corrected chi connectivity index (χ4v) is 3.32. The Hall–Kier alpha value is -0.650. The van der Waals surface area contributed by atoms with Crippen molar-refractivity contribution in [3.63, 3.8) is 0 Å². The van der Waals surface area contributed by atoms with Gasteiger partial charge in [0.25, 0.3) is 0 Å². The first-order chi connectivity index (χ1) is 13.1. The zero-order valence-electron chi connectivity index (χ0n) is 18.0. The van der Waals surface area contributed by atoms with Crippen molar-refractivity contribution in [2.45, 2.75) is 129 Å². The van der Waals surface area contributed by atoms with Gasteiger partial charge in [-0.05, 0) is 12.8 Å². The van der Waals surface area contributed by atoms with Gasteiger partial charge in [0.2, 0.25) is 0 Å². The van der Waals surface area contributed by atoms with Crippen molar-refractivity contribution in [1.29, 1.82) is 0 Å². The van der Waals surface area contributed by atoms with Crippen molar-refractivity contribution in [3.05, 3.63) is 0 Å². The van der Waals surface area contributed by atoms with Crippen LogP contribution in [0.3, 0.4) is 0 Å². The molecule has 0 heterocycles. The number of ether oxygens (including phenoxy) is 1. The van der Waals surface area contributed by atoms with E-state index in [9.17, 15) is 4.79 Å². The van der Waals surface area contributed by atoms with Crippen molar-refractivity contribution in [1.82, 2.24) is 5.23 Å². The minimum absolute atomic E-state index is 0.0684. The minimum Gasteiger partial charge on any atom is -0.461 e. The van der Waals surface area contributed by atoms with E-state index >= 15 is 0 Å². The molecule has 162 valence electrons. The van der Waals surface area contributed by atoms with Gasteiger partial charge in [0.05, 0.1) is 6.54 Å². The molecule has 5 nitrogen and oxygen atoms in total. The molecule has 1 unspecified atom stereocenters. The van der Waals surface area contributed by atoms with E-state index < -0.39 is 6.10 Å². The molecule has 0 aliphatic carbocycles. The first kappa shape index (κ1) is 26.4. The quantitative estimate of drug-likeness (QED) is 0.139. The Morgan fingerprint density at radius 1 is 0.741 bits per heavy atom. The molecule has 0 aromatic rings. The van der Waals surface area contributed by atoms with Crippen LogP contribution in [-0.2, 0) is 9.53 Å². The van der Waals surface area contributed by atoms with E-state index in [1.165, 1.54) is 83.5 Å². The van der Waals surface area contributed by atoms with Crippen LogP contribution in [0.15, 0.2) is 0 Å². The Morgan fingerprint density at radius 2 is 1.15 bits per heavy atom. The van der Waals surface area contributed by atoms with Crippen LogP contribution >= 0.6 is 0 Å². The third-order valence-electron chi connectivity index (χ3n) is 5.10. The molecule has 0 aliphatic rings. The van der Waals surface area contributed by atoms with Crippen molar-refractivity contribution in [2.24, 2.45) is 0 Å². The second-order valence-corrected chi connectivity index (χ2v) is 7.77. The van der Waals surface area contributed by atoms with Gasteiger partial charge in [-0.25, -0.2) is 0 Å². The van der Waals surface area contributed by atoms with Crippen LogP contribution in [0.4, 0.5) is 0 Å². The maximum absolute atomic E-state index is 11.7. The van der Waals surface area contributed by atoms with Crippen LogP contribution in [0.25, 0.3) is 0 Å². The lowest BCUT2D eigenvalue weighted by Crippen LogP contribution is -2.30. The summed E-state index contributed by atoms with van der Waals surface area (Å²) in [6, 6.07) is 0. The minimum atomic E-state index is -0.455. The molecule has 27 heavy (non-hydrogen) atoms. The molecule has 0 spiro atoms. The predicted octanol–water partition coefficient (Wildman–Crippen LogP) is 6.65. The zero-order chi connectivity index (χ0) is 20.2. The summed E-state index contributed by atoms with van der Waals surface area (Å²) in [6.07, 6.45) is 20.1. The van der Waals surface area contributed by atoms with E-state index in [-0.39, 0.29) is 17.7 Å². The van der Waals surface area contributed by atoms with E-state index in [4.69, 9.17) is 15.2 Å². The van der Waals surface area contributed by atoms with E-state index in [1.54, 1.807) is 0 Å². The SMILES string of the molecule is CCCCCCCCCCCCCCCCCC(=O)OC(CC)CN(O)O. The number of nitrogens with zero attached hydrogens (tertiary/aromatic N) is 1. The van der Waals surface area contributed by atoms with Crippen molar-refractivity contribution in [3.8, 4) is 0 Å². The first-order valence-electron chi connectivity index (χ1n) is 11.4. The number of hydrogen-bond donors (Lipinski definition) is 2. The van der Waals surface area contributed by atoms with Gasteiger partial charge in [0.15, 0.2) is 0 Å². The predicted molar refractivity (Wildman–Crippen MR) is 110 cm³/mol. The summed E-state index contributed by atoms with van der Waals surface area (Å²) in [7, 11) is 0. The standard InChI is InChI=1S/C22H45NO4/c1-3-5-6-7-8-9-10-11-12-13-14-15-16-17-18-19-22(24)27-21(4-2)20-23(25)26/h21,25-26H,3-20H2,1-2H3. The van der Waals surface area contributed by atoms with E-state index in [0.29, 0.717) is 12.8 Å². The van der Waals surface area contributed by atoms with Gasteiger partial charge in [-0.15, -0.1) is 0 Å². The Bertz CT molecular complexity index is 323. The molecule has 0 saturated heterocycles. The highest BCUT2D eigenvalue weighted by Gasteiger charge is 2.14. The molecule has 0 fully saturated rings. The lowest BCUT2D eigenvalue weighted by molar-refractivity contribution is -0.315. The first-order valence-corrected chi connectivity index (χ1v) is 11.4. The molecular weight excluding hydrogens is 342 g/mol. The molecule has 0 rings (SSSR count). The molecule has 2 N–H and O–H groups in total. The van der Waals surface area contributed by atoms with Crippen LogP contribution in [0.5, 0.6) is 0 Å². The Labute approximate surface area is 167 Å². The summed E-state index contributed by atoms with van der Waals surface area (Å²) in [5, 5.41) is 17.6. The molecule has 5 heteroatoms. The zero-order valence-corrected chi connectivity index (χ0v) is 18.0. The van der Waals surface area contributed by atoms with Gasteiger partial charge < -0.3 is 4.74 Å². The summed E-state index contributed by atoms with van der Waals surface area (Å²) in [5.41, 5.74) is 0. The number of carbonyl (C=O) groups excluding carboxylic acids is 1. The second-order valence-electron chi connectivity index (χ2n) is 7.77. The van der Waals surface area contributed by atoms with E-state index in [2.05, 4.69) is 6.92 Å². The van der Waals surface area contributed by atoms with Gasteiger partial charge in [0, 0.05) is 6.42 Å². The lowest BCUT2D eigenvalue weighted by atomic mass is 10.0. The average molecular weight is 388 g/mol. The van der Waals surface area contributed by atoms with Crippen LogP contribution in [0.2, 0.25) is 0 Å². The second kappa shape index (κ2) is 20.1. The number of rotatable bonds is 20. The van der Waals surface area contributed by atoms with Crippen molar-refractivity contribution in [2.75, 3.05) is 6.54 Å². The highest BCUT2D eigenvalue weighted by molar-refractivity contribution is 5.69. The summed E-state index contributed by atoms with van der Waals surface area (Å²) < 4.78 is 5.23. The van der Waals surface area contributed by atoms with E-state index in [0.717, 1.165) is 12.8 Å². The highest BCUT2D eigenvalue weighted by atomic mass is 16.8. The lowest BCUT2D eigenvalue weighted by Gasteiger charge is -2.17. The third-order valence-corrected chi connectivity index (χ3v) is 5.10. The van der Waals surface area contributed by atoms with Gasteiger partial charge in [-0.1, -0.05) is 109 Å². The van der Waals surface area contributed by atoms with Gasteiger partial charge in [0.1, 0.15) is 6.10 Å². The number of hydroxylamine groups is 2. The molecule has 1 atom stereocenters. The monoisotopic (exact) mass is 387 g/mol. The molecule has 0 aromatic carbocycles. The van der Waals surface area contributed by atoms with Gasteiger partial charge in [-0.3, -0.25) is 15.2 Å². The maximum Gasteiger partial charge on any atom is 0.306 e. The number of unbranched alkanes of at least 4 members (excludes halogenated alkanes) is 14. The molecule has 0 saturated carbocycles. The summed E-state index contributed by atoms with van der Waals surface area (Å²) in [6.45, 7) is 4.05. The number of hydrogen-bond acceptors (Lipinski definition) is 5. The topological polar surface area (TPSA) is 70.0 Å². The number of carbonyl (C=O) groups is 1. The fourth-order valence-electron chi connectivity index (χ4n) is 3.32. The highest BCUT2D eigenvalue weighted by Crippen LogP contribution is 2.14. The fraction of sp³-hybridized carbons (Fsp3) is 0.955. The number of esters is 1. The maximum atomic E-state index is 11.7. The molecule has 0 amide bonds.